The Kier molecular flexibility index (Phi) is 16.2. The third kappa shape index (κ3) is 18.9. The van der Waals surface area contributed by atoms with E-state index in [-0.39, 0.29) is 0 Å². The molecule has 0 rings (SSSR count). The molecule has 0 amide bonds. The summed E-state index contributed by atoms with van der Waals surface area (Å²) in [5, 5.41) is 8.51. The summed E-state index contributed by atoms with van der Waals surface area (Å²) in [4.78, 5) is 10.3. The fraction of sp³-hybridized carbons (Fsp3) is 0.737. The summed E-state index contributed by atoms with van der Waals surface area (Å²) in [6, 6.07) is 0. The van der Waals surface area contributed by atoms with E-state index >= 15 is 0 Å². The third-order valence-electron chi connectivity index (χ3n) is 3.56. The van der Waals surface area contributed by atoms with E-state index in [1.54, 1.807) is 0 Å². The van der Waals surface area contributed by atoms with Gasteiger partial charge in [-0.1, -0.05) is 56.9 Å². The highest BCUT2D eigenvalue weighted by atomic mass is 16.4. The molecule has 0 fully saturated rings. The van der Waals surface area contributed by atoms with Crippen molar-refractivity contribution in [3.05, 3.63) is 24.3 Å². The molecule has 0 aliphatic carbocycles. The van der Waals surface area contributed by atoms with Crippen LogP contribution in [0.2, 0.25) is 0 Å². The summed E-state index contributed by atoms with van der Waals surface area (Å²) in [5.74, 6) is -0.675. The molecule has 0 aromatic rings. The molecule has 0 bridgehead atoms. The highest BCUT2D eigenvalue weighted by Crippen LogP contribution is 2.07. The van der Waals surface area contributed by atoms with E-state index in [0.717, 1.165) is 25.7 Å². The Bertz CT molecular complexity index is 279. The second kappa shape index (κ2) is 17.0. The molecule has 2 heteroatoms. The molecule has 0 aliphatic rings. The van der Waals surface area contributed by atoms with Crippen LogP contribution in [-0.2, 0) is 4.79 Å². The van der Waals surface area contributed by atoms with Crippen LogP contribution in [0.3, 0.4) is 0 Å². The van der Waals surface area contributed by atoms with Gasteiger partial charge in [0.2, 0.25) is 0 Å². The van der Waals surface area contributed by atoms with Crippen LogP contribution in [0.25, 0.3) is 0 Å². The van der Waals surface area contributed by atoms with E-state index in [4.69, 9.17) is 5.11 Å². The lowest BCUT2D eigenvalue weighted by Gasteiger charge is -1.97. The number of carboxylic acids is 1. The van der Waals surface area contributed by atoms with E-state index in [9.17, 15) is 4.79 Å². The fourth-order valence-electron chi connectivity index (χ4n) is 2.21. The number of carboxylic acid groups (broad SMARTS) is 1. The number of unbranched alkanes of at least 4 members (excludes halogenated alkanes) is 9. The van der Waals surface area contributed by atoms with E-state index in [0.29, 0.717) is 6.42 Å². The molecule has 21 heavy (non-hydrogen) atoms. The van der Waals surface area contributed by atoms with Gasteiger partial charge in [-0.2, -0.15) is 0 Å². The van der Waals surface area contributed by atoms with Crippen molar-refractivity contribution in [2.45, 2.75) is 90.4 Å². The SMILES string of the molecule is CCCC/C=C/CCCCC/C=C/CCCCCC(=O)O. The van der Waals surface area contributed by atoms with Crippen molar-refractivity contribution in [3.63, 3.8) is 0 Å². The van der Waals surface area contributed by atoms with E-state index in [1.165, 1.54) is 51.4 Å². The van der Waals surface area contributed by atoms with Gasteiger partial charge in [0, 0.05) is 6.42 Å². The molecular weight excluding hydrogens is 260 g/mol. The smallest absolute Gasteiger partial charge is 0.303 e. The number of aliphatic carboxylic acids is 1. The Labute approximate surface area is 131 Å². The Hall–Kier alpha value is -1.05. The highest BCUT2D eigenvalue weighted by Gasteiger charge is 1.94. The number of carbonyl (C=O) groups is 1. The molecule has 0 saturated heterocycles. The molecule has 0 aliphatic heterocycles. The maximum Gasteiger partial charge on any atom is 0.303 e. The third-order valence-corrected chi connectivity index (χ3v) is 3.56. The first kappa shape index (κ1) is 19.9. The van der Waals surface area contributed by atoms with Crippen LogP contribution in [0.5, 0.6) is 0 Å². The van der Waals surface area contributed by atoms with Crippen molar-refractivity contribution in [1.29, 1.82) is 0 Å². The maximum absolute atomic E-state index is 10.3. The van der Waals surface area contributed by atoms with Crippen LogP contribution in [0, 0.1) is 0 Å². The molecule has 0 radical (unpaired) electrons. The van der Waals surface area contributed by atoms with Crippen molar-refractivity contribution >= 4 is 5.97 Å². The quantitative estimate of drug-likeness (QED) is 0.285. The Morgan fingerprint density at radius 1 is 0.714 bits per heavy atom. The first-order valence-corrected chi connectivity index (χ1v) is 8.79. The second-order valence-corrected chi connectivity index (χ2v) is 5.72. The van der Waals surface area contributed by atoms with Gasteiger partial charge in [-0.3, -0.25) is 4.79 Å². The molecule has 2 nitrogen and oxygen atoms in total. The topological polar surface area (TPSA) is 37.3 Å². The van der Waals surface area contributed by atoms with Crippen LogP contribution < -0.4 is 0 Å². The van der Waals surface area contributed by atoms with Crippen LogP contribution >= 0.6 is 0 Å². The van der Waals surface area contributed by atoms with E-state index in [1.807, 2.05) is 0 Å². The molecule has 1 N–H and O–H groups in total. The largest absolute Gasteiger partial charge is 0.481 e. The van der Waals surface area contributed by atoms with Gasteiger partial charge in [-0.05, 0) is 51.4 Å². The van der Waals surface area contributed by atoms with Gasteiger partial charge in [0.05, 0.1) is 0 Å². The summed E-state index contributed by atoms with van der Waals surface area (Å²) in [7, 11) is 0. The molecule has 122 valence electrons. The molecule has 0 unspecified atom stereocenters. The van der Waals surface area contributed by atoms with Crippen molar-refractivity contribution in [1.82, 2.24) is 0 Å². The van der Waals surface area contributed by atoms with Crippen molar-refractivity contribution in [2.75, 3.05) is 0 Å². The van der Waals surface area contributed by atoms with Crippen LogP contribution in [0.4, 0.5) is 0 Å². The van der Waals surface area contributed by atoms with Gasteiger partial charge in [0.15, 0.2) is 0 Å². The standard InChI is InChI=1S/C19H34O2/c1-2-3-4-5-6-7-8-9-10-11-12-13-14-15-16-17-18-19(20)21/h5-6,12-13H,2-4,7-11,14-18H2,1H3,(H,20,21)/b6-5+,13-12+. The second-order valence-electron chi connectivity index (χ2n) is 5.72. The zero-order valence-corrected chi connectivity index (χ0v) is 13.9. The molecule has 0 heterocycles. The average molecular weight is 294 g/mol. The lowest BCUT2D eigenvalue weighted by atomic mass is 10.1. The van der Waals surface area contributed by atoms with Gasteiger partial charge in [-0.15, -0.1) is 0 Å². The average Bonchev–Trinajstić information content (AvgIpc) is 2.46. The minimum atomic E-state index is -0.675. The number of hydrogen-bond donors (Lipinski definition) is 1. The predicted octanol–water partition coefficient (Wildman–Crippen LogP) is 6.27. The number of rotatable bonds is 15. The summed E-state index contributed by atoms with van der Waals surface area (Å²) in [6.07, 6.45) is 23.8. The monoisotopic (exact) mass is 294 g/mol. The summed E-state index contributed by atoms with van der Waals surface area (Å²) in [6.45, 7) is 2.23. The van der Waals surface area contributed by atoms with Crippen molar-refractivity contribution in [3.8, 4) is 0 Å². The summed E-state index contributed by atoms with van der Waals surface area (Å²) >= 11 is 0. The first-order chi connectivity index (χ1) is 10.3. The van der Waals surface area contributed by atoms with E-state index in [2.05, 4.69) is 31.2 Å². The molecule has 0 aromatic heterocycles. The van der Waals surface area contributed by atoms with Crippen molar-refractivity contribution < 1.29 is 9.90 Å². The summed E-state index contributed by atoms with van der Waals surface area (Å²) in [5.41, 5.74) is 0. The van der Waals surface area contributed by atoms with E-state index < -0.39 is 5.97 Å². The van der Waals surface area contributed by atoms with Gasteiger partial charge < -0.3 is 5.11 Å². The molecule has 0 atom stereocenters. The number of hydrogen-bond acceptors (Lipinski definition) is 1. The predicted molar refractivity (Wildman–Crippen MR) is 91.6 cm³/mol. The first-order valence-electron chi connectivity index (χ1n) is 8.79. The van der Waals surface area contributed by atoms with Crippen LogP contribution in [0.1, 0.15) is 90.4 Å². The van der Waals surface area contributed by atoms with Gasteiger partial charge >= 0.3 is 5.97 Å². The zero-order chi connectivity index (χ0) is 15.6. The zero-order valence-electron chi connectivity index (χ0n) is 13.9. The van der Waals surface area contributed by atoms with Crippen LogP contribution in [-0.4, -0.2) is 11.1 Å². The molecule has 0 aromatic carbocycles. The molecule has 0 saturated carbocycles. The lowest BCUT2D eigenvalue weighted by molar-refractivity contribution is -0.137. The molecular formula is C19H34O2. The maximum atomic E-state index is 10.3. The van der Waals surface area contributed by atoms with Gasteiger partial charge in [0.1, 0.15) is 0 Å². The number of allylic oxidation sites excluding steroid dienone is 4. The highest BCUT2D eigenvalue weighted by molar-refractivity contribution is 5.66. The Morgan fingerprint density at radius 3 is 1.57 bits per heavy atom. The minimum Gasteiger partial charge on any atom is -0.481 e. The summed E-state index contributed by atoms with van der Waals surface area (Å²) < 4.78 is 0. The Balaban J connectivity index is 3.15. The van der Waals surface area contributed by atoms with Gasteiger partial charge in [0.25, 0.3) is 0 Å². The minimum absolute atomic E-state index is 0.316. The van der Waals surface area contributed by atoms with Crippen LogP contribution in [0.15, 0.2) is 24.3 Å². The van der Waals surface area contributed by atoms with Gasteiger partial charge in [-0.25, -0.2) is 0 Å². The normalized spacial score (nSPS) is 11.7. The van der Waals surface area contributed by atoms with Crippen molar-refractivity contribution in [2.24, 2.45) is 0 Å². The Morgan fingerprint density at radius 2 is 1.14 bits per heavy atom. The molecule has 0 spiro atoms. The lowest BCUT2D eigenvalue weighted by Crippen LogP contribution is -1.93. The fourth-order valence-corrected chi connectivity index (χ4v) is 2.21.